The molecule has 2 fully saturated rings. The van der Waals surface area contributed by atoms with Gasteiger partial charge in [0.2, 0.25) is 11.8 Å². The van der Waals surface area contributed by atoms with E-state index in [2.05, 4.69) is 19.2 Å². The molecule has 2 amide bonds. The number of hydrogen-bond acceptors (Lipinski definition) is 2. The lowest BCUT2D eigenvalue weighted by Crippen LogP contribution is -2.49. The Balaban J connectivity index is 2.11. The molecule has 1 N–H and O–H groups in total. The monoisotopic (exact) mass is 252 g/mol. The topological polar surface area (TPSA) is 49.4 Å². The van der Waals surface area contributed by atoms with Crippen molar-refractivity contribution in [1.82, 2.24) is 10.2 Å². The van der Waals surface area contributed by atoms with E-state index in [1.165, 1.54) is 0 Å². The summed E-state index contributed by atoms with van der Waals surface area (Å²) >= 11 is 0. The van der Waals surface area contributed by atoms with Crippen molar-refractivity contribution in [2.75, 3.05) is 6.54 Å². The molecular weight excluding hydrogens is 228 g/mol. The summed E-state index contributed by atoms with van der Waals surface area (Å²) < 4.78 is 0. The van der Waals surface area contributed by atoms with Crippen LogP contribution < -0.4 is 5.32 Å². The van der Waals surface area contributed by atoms with Gasteiger partial charge in [0.1, 0.15) is 6.04 Å². The smallest absolute Gasteiger partial charge is 0.245 e. The molecule has 18 heavy (non-hydrogen) atoms. The van der Waals surface area contributed by atoms with Crippen LogP contribution in [0.25, 0.3) is 0 Å². The average molecular weight is 252 g/mol. The van der Waals surface area contributed by atoms with Gasteiger partial charge in [0.15, 0.2) is 0 Å². The molecule has 4 unspecified atom stereocenters. The molecule has 2 aliphatic rings. The van der Waals surface area contributed by atoms with E-state index in [9.17, 15) is 9.59 Å². The van der Waals surface area contributed by atoms with Crippen molar-refractivity contribution in [3.63, 3.8) is 0 Å². The molecule has 102 valence electrons. The first-order valence-electron chi connectivity index (χ1n) is 7.18. The molecule has 4 atom stereocenters. The van der Waals surface area contributed by atoms with Gasteiger partial charge < -0.3 is 10.2 Å². The van der Waals surface area contributed by atoms with Crippen LogP contribution in [0.1, 0.15) is 46.5 Å². The van der Waals surface area contributed by atoms with Crippen LogP contribution >= 0.6 is 0 Å². The molecule has 1 saturated heterocycles. The first-order valence-corrected chi connectivity index (χ1v) is 7.18. The maximum atomic E-state index is 12.5. The normalized spacial score (nSPS) is 33.9. The lowest BCUT2D eigenvalue weighted by molar-refractivity contribution is -0.135. The van der Waals surface area contributed by atoms with Crippen LogP contribution in [0.5, 0.6) is 0 Å². The Hall–Kier alpha value is -1.06. The first-order chi connectivity index (χ1) is 8.58. The van der Waals surface area contributed by atoms with Crippen LogP contribution in [0.2, 0.25) is 0 Å². The molecule has 4 nitrogen and oxygen atoms in total. The van der Waals surface area contributed by atoms with Gasteiger partial charge in [-0.1, -0.05) is 33.6 Å². The highest BCUT2D eigenvalue weighted by molar-refractivity contribution is 5.90. The SMILES string of the molecule is CCC(C)C1NC(=O)CCN(C2CC2CC)C1=O. The zero-order valence-electron chi connectivity index (χ0n) is 11.6. The highest BCUT2D eigenvalue weighted by Crippen LogP contribution is 2.39. The molecule has 1 aliphatic heterocycles. The van der Waals surface area contributed by atoms with Crippen molar-refractivity contribution < 1.29 is 9.59 Å². The van der Waals surface area contributed by atoms with Gasteiger partial charge >= 0.3 is 0 Å². The van der Waals surface area contributed by atoms with Gasteiger partial charge in [0.25, 0.3) is 0 Å². The van der Waals surface area contributed by atoms with Crippen molar-refractivity contribution in [2.45, 2.75) is 58.5 Å². The Kier molecular flexibility index (Phi) is 3.93. The maximum Gasteiger partial charge on any atom is 0.245 e. The van der Waals surface area contributed by atoms with E-state index < -0.39 is 0 Å². The van der Waals surface area contributed by atoms with E-state index in [4.69, 9.17) is 0 Å². The number of amides is 2. The third-order valence-electron chi connectivity index (χ3n) is 4.47. The number of carbonyl (C=O) groups is 2. The largest absolute Gasteiger partial charge is 0.344 e. The standard InChI is InChI=1S/C14H24N2O2/c1-4-9(3)13-14(18)16(7-6-12(17)15-13)11-8-10(11)5-2/h9-11,13H,4-8H2,1-3H3,(H,15,17). The molecule has 1 aliphatic carbocycles. The summed E-state index contributed by atoms with van der Waals surface area (Å²) in [6, 6.07) is 0.0739. The molecule has 0 spiro atoms. The molecule has 1 heterocycles. The van der Waals surface area contributed by atoms with Gasteiger partial charge in [0, 0.05) is 19.0 Å². The molecular formula is C14H24N2O2. The number of nitrogens with one attached hydrogen (secondary N) is 1. The van der Waals surface area contributed by atoms with Crippen LogP contribution in [0.15, 0.2) is 0 Å². The highest BCUT2D eigenvalue weighted by Gasteiger charge is 2.45. The quantitative estimate of drug-likeness (QED) is 0.825. The van der Waals surface area contributed by atoms with Crippen molar-refractivity contribution in [1.29, 1.82) is 0 Å². The summed E-state index contributed by atoms with van der Waals surface area (Å²) in [5.74, 6) is 1.02. The highest BCUT2D eigenvalue weighted by atomic mass is 16.2. The molecule has 2 rings (SSSR count). The van der Waals surface area contributed by atoms with Gasteiger partial charge in [-0.2, -0.15) is 0 Å². The average Bonchev–Trinajstić information content (AvgIpc) is 3.14. The van der Waals surface area contributed by atoms with E-state index in [0.717, 1.165) is 19.3 Å². The summed E-state index contributed by atoms with van der Waals surface area (Å²) in [5.41, 5.74) is 0. The van der Waals surface area contributed by atoms with Crippen molar-refractivity contribution in [2.24, 2.45) is 11.8 Å². The van der Waals surface area contributed by atoms with Crippen LogP contribution in [0.4, 0.5) is 0 Å². The molecule has 0 aromatic heterocycles. The summed E-state index contributed by atoms with van der Waals surface area (Å²) in [7, 11) is 0. The maximum absolute atomic E-state index is 12.5. The van der Waals surface area contributed by atoms with Gasteiger partial charge in [-0.3, -0.25) is 9.59 Å². The second-order valence-corrected chi connectivity index (χ2v) is 5.68. The van der Waals surface area contributed by atoms with E-state index in [1.807, 2.05) is 11.8 Å². The Morgan fingerprint density at radius 2 is 2.11 bits per heavy atom. The Morgan fingerprint density at radius 1 is 1.39 bits per heavy atom. The van der Waals surface area contributed by atoms with Gasteiger partial charge in [-0.25, -0.2) is 0 Å². The predicted octanol–water partition coefficient (Wildman–Crippen LogP) is 1.55. The molecule has 0 aromatic rings. The fourth-order valence-corrected chi connectivity index (χ4v) is 2.82. The van der Waals surface area contributed by atoms with Gasteiger partial charge in [-0.05, 0) is 18.3 Å². The minimum absolute atomic E-state index is 0.0184. The van der Waals surface area contributed by atoms with E-state index >= 15 is 0 Å². The third kappa shape index (κ3) is 2.52. The number of rotatable bonds is 4. The van der Waals surface area contributed by atoms with Gasteiger partial charge in [0.05, 0.1) is 0 Å². The predicted molar refractivity (Wildman–Crippen MR) is 69.9 cm³/mol. The summed E-state index contributed by atoms with van der Waals surface area (Å²) in [4.78, 5) is 26.2. The second-order valence-electron chi connectivity index (χ2n) is 5.68. The second kappa shape index (κ2) is 5.29. The van der Waals surface area contributed by atoms with Crippen molar-refractivity contribution >= 4 is 11.8 Å². The van der Waals surface area contributed by atoms with E-state index in [-0.39, 0.29) is 23.8 Å². The third-order valence-corrected chi connectivity index (χ3v) is 4.47. The molecule has 1 saturated carbocycles. The Bertz CT molecular complexity index is 343. The van der Waals surface area contributed by atoms with Crippen LogP contribution in [-0.2, 0) is 9.59 Å². The van der Waals surface area contributed by atoms with Crippen LogP contribution in [-0.4, -0.2) is 35.3 Å². The van der Waals surface area contributed by atoms with Crippen LogP contribution in [0, 0.1) is 11.8 Å². The summed E-state index contributed by atoms with van der Waals surface area (Å²) in [5, 5.41) is 2.89. The lowest BCUT2D eigenvalue weighted by Gasteiger charge is -2.27. The number of carbonyl (C=O) groups excluding carboxylic acids is 2. The minimum atomic E-state index is -0.317. The lowest BCUT2D eigenvalue weighted by atomic mass is 9.98. The molecule has 4 heteroatoms. The zero-order chi connectivity index (χ0) is 13.3. The number of hydrogen-bond donors (Lipinski definition) is 1. The number of nitrogens with zero attached hydrogens (tertiary/aromatic N) is 1. The minimum Gasteiger partial charge on any atom is -0.344 e. The first kappa shape index (κ1) is 13.4. The van der Waals surface area contributed by atoms with E-state index in [0.29, 0.717) is 24.9 Å². The van der Waals surface area contributed by atoms with Crippen LogP contribution in [0.3, 0.4) is 0 Å². The summed E-state index contributed by atoms with van der Waals surface area (Å²) in [6.45, 7) is 6.86. The zero-order valence-corrected chi connectivity index (χ0v) is 11.6. The van der Waals surface area contributed by atoms with Crippen molar-refractivity contribution in [3.8, 4) is 0 Å². The summed E-state index contributed by atoms with van der Waals surface area (Å²) in [6.07, 6.45) is 3.60. The fourth-order valence-electron chi connectivity index (χ4n) is 2.82. The van der Waals surface area contributed by atoms with Gasteiger partial charge in [-0.15, -0.1) is 0 Å². The van der Waals surface area contributed by atoms with Crippen molar-refractivity contribution in [3.05, 3.63) is 0 Å². The van der Waals surface area contributed by atoms with E-state index in [1.54, 1.807) is 0 Å². The molecule has 0 radical (unpaired) electrons. The molecule has 0 aromatic carbocycles. The molecule has 0 bridgehead atoms. The Labute approximate surface area is 109 Å². The Morgan fingerprint density at radius 3 is 2.67 bits per heavy atom. The fraction of sp³-hybridized carbons (Fsp3) is 0.857.